The average Bonchev–Trinajstić information content (AvgIpc) is 2.85. The molecule has 0 radical (unpaired) electrons. The molecule has 25 heavy (non-hydrogen) atoms. The lowest BCUT2D eigenvalue weighted by molar-refractivity contribution is -0.140. The normalized spacial score (nSPS) is 20.0. The Hall–Kier alpha value is -2.06. The number of nitrogens with one attached hydrogen (secondary N) is 1. The highest BCUT2D eigenvalue weighted by Gasteiger charge is 2.53. The fraction of sp³-hybridized carbons (Fsp3) is 0.188. The molecule has 1 unspecified atom stereocenters. The zero-order valence-electron chi connectivity index (χ0n) is 13.0. The first-order valence-corrected chi connectivity index (χ1v) is 8.95. The van der Waals surface area contributed by atoms with Crippen molar-refractivity contribution in [3.8, 4) is 0 Å². The summed E-state index contributed by atoms with van der Waals surface area (Å²) in [5.41, 5.74) is -0.215. The van der Waals surface area contributed by atoms with Crippen molar-refractivity contribution in [2.45, 2.75) is 11.9 Å². The lowest BCUT2D eigenvalue weighted by Gasteiger charge is -2.28. The van der Waals surface area contributed by atoms with Gasteiger partial charge in [-0.3, -0.25) is 19.5 Å². The number of nitrogens with zero attached hydrogens (tertiary/aromatic N) is 1. The Labute approximate surface area is 143 Å². The highest BCUT2D eigenvalue weighted by atomic mass is 31.2. The summed E-state index contributed by atoms with van der Waals surface area (Å²) >= 11 is 0. The minimum absolute atomic E-state index is 0.578. The van der Waals surface area contributed by atoms with Crippen LogP contribution in [0.1, 0.15) is 11.1 Å². The van der Waals surface area contributed by atoms with Crippen LogP contribution in [0.2, 0.25) is 0 Å². The van der Waals surface area contributed by atoms with Crippen LogP contribution < -0.4 is 5.32 Å². The van der Waals surface area contributed by atoms with Crippen LogP contribution in [0.4, 0.5) is 0 Å². The summed E-state index contributed by atoms with van der Waals surface area (Å²) in [6, 6.07) is 17.6. The maximum absolute atomic E-state index is 13.1. The molecule has 1 saturated heterocycles. The van der Waals surface area contributed by atoms with Crippen LogP contribution in [0.5, 0.6) is 0 Å². The van der Waals surface area contributed by atoms with Crippen molar-refractivity contribution in [2.75, 3.05) is 6.73 Å². The molecule has 0 spiro atoms. The largest absolute Gasteiger partial charge is 0.471 e. The van der Waals surface area contributed by atoms with Crippen LogP contribution >= 0.6 is 7.82 Å². The van der Waals surface area contributed by atoms with Crippen molar-refractivity contribution >= 4 is 13.7 Å². The quantitative estimate of drug-likeness (QED) is 0.577. The summed E-state index contributed by atoms with van der Waals surface area (Å²) in [4.78, 5) is 31.7. The molecule has 0 aromatic heterocycles. The summed E-state index contributed by atoms with van der Waals surface area (Å²) in [6.07, 6.45) is -1.47. The van der Waals surface area contributed by atoms with Crippen LogP contribution in [-0.4, -0.2) is 38.8 Å². The van der Waals surface area contributed by atoms with Gasteiger partial charge in [0.05, 0.1) is 0 Å². The fourth-order valence-corrected chi connectivity index (χ4v) is 3.16. The van der Waals surface area contributed by atoms with E-state index >= 15 is 0 Å². The minimum atomic E-state index is -4.79. The standard InChI is InChI=1S/C16H17N2O6P/c19-14-16(12-7-3-1-4-8-12,13-9-5-2-6-10-13)17-15(20)18(14)11-24-25(21,22)23/h1-10,15,17,20H,11H2,(H2,21,22,23). The Balaban J connectivity index is 2.05. The Morgan fingerprint density at radius 2 is 1.52 bits per heavy atom. The molecule has 1 amide bonds. The van der Waals surface area contributed by atoms with E-state index in [9.17, 15) is 14.5 Å². The van der Waals surface area contributed by atoms with Crippen LogP contribution in [0.25, 0.3) is 0 Å². The van der Waals surface area contributed by atoms with E-state index in [1.807, 2.05) is 0 Å². The Morgan fingerprint density at radius 3 is 1.96 bits per heavy atom. The zero-order chi connectivity index (χ0) is 18.1. The van der Waals surface area contributed by atoms with Crippen molar-refractivity contribution in [3.05, 3.63) is 71.8 Å². The second-order valence-electron chi connectivity index (χ2n) is 5.52. The molecule has 1 atom stereocenters. The Kier molecular flexibility index (Phi) is 4.75. The molecule has 3 rings (SSSR count). The monoisotopic (exact) mass is 364 g/mol. The van der Waals surface area contributed by atoms with Gasteiger partial charge in [0.2, 0.25) is 0 Å². The highest BCUT2D eigenvalue weighted by molar-refractivity contribution is 7.46. The molecule has 2 aromatic rings. The van der Waals surface area contributed by atoms with E-state index < -0.39 is 32.4 Å². The van der Waals surface area contributed by atoms with Gasteiger partial charge in [-0.25, -0.2) is 4.57 Å². The summed E-state index contributed by atoms with van der Waals surface area (Å²) < 4.78 is 15.3. The summed E-state index contributed by atoms with van der Waals surface area (Å²) in [7, 11) is -4.79. The second-order valence-corrected chi connectivity index (χ2v) is 6.76. The van der Waals surface area contributed by atoms with E-state index in [4.69, 9.17) is 9.79 Å². The van der Waals surface area contributed by atoms with Crippen molar-refractivity contribution in [2.24, 2.45) is 0 Å². The first-order valence-electron chi connectivity index (χ1n) is 7.42. The molecule has 1 heterocycles. The number of rotatable bonds is 5. The van der Waals surface area contributed by atoms with E-state index in [1.54, 1.807) is 60.7 Å². The lowest BCUT2D eigenvalue weighted by Crippen LogP contribution is -2.45. The number of benzene rings is 2. The number of hydrogen-bond acceptors (Lipinski definition) is 5. The molecule has 132 valence electrons. The fourth-order valence-electron chi connectivity index (χ4n) is 2.88. The molecule has 0 aliphatic carbocycles. The third kappa shape index (κ3) is 3.36. The van der Waals surface area contributed by atoms with Crippen molar-refractivity contribution in [3.63, 3.8) is 0 Å². The van der Waals surface area contributed by atoms with Gasteiger partial charge in [-0.15, -0.1) is 0 Å². The van der Waals surface area contributed by atoms with Crippen LogP contribution in [0.3, 0.4) is 0 Å². The maximum atomic E-state index is 13.1. The molecule has 2 aromatic carbocycles. The molecular weight excluding hydrogens is 347 g/mol. The van der Waals surface area contributed by atoms with Gasteiger partial charge in [-0.05, 0) is 11.1 Å². The Bertz CT molecular complexity index is 755. The third-order valence-corrected chi connectivity index (χ3v) is 4.45. The Morgan fingerprint density at radius 1 is 1.04 bits per heavy atom. The van der Waals surface area contributed by atoms with E-state index in [0.717, 1.165) is 4.90 Å². The highest BCUT2D eigenvalue weighted by Crippen LogP contribution is 2.40. The molecule has 0 bridgehead atoms. The molecular formula is C16H17N2O6P. The third-order valence-electron chi connectivity index (χ3n) is 4.00. The van der Waals surface area contributed by atoms with E-state index in [0.29, 0.717) is 11.1 Å². The molecule has 8 nitrogen and oxygen atoms in total. The SMILES string of the molecule is O=C1N(COP(=O)(O)O)C(O)NC1(c1ccccc1)c1ccccc1. The molecule has 1 fully saturated rings. The zero-order valence-corrected chi connectivity index (χ0v) is 13.9. The molecule has 0 saturated carbocycles. The number of aliphatic hydroxyl groups excluding tert-OH is 1. The van der Waals surface area contributed by atoms with Gasteiger partial charge >= 0.3 is 7.82 Å². The topological polar surface area (TPSA) is 119 Å². The van der Waals surface area contributed by atoms with Crippen LogP contribution in [-0.2, 0) is 19.4 Å². The van der Waals surface area contributed by atoms with Crippen molar-refractivity contribution in [1.82, 2.24) is 10.2 Å². The number of carbonyl (C=O) groups is 1. The van der Waals surface area contributed by atoms with Gasteiger partial charge in [0.25, 0.3) is 5.91 Å². The van der Waals surface area contributed by atoms with Gasteiger partial charge in [0.15, 0.2) is 11.9 Å². The first-order chi connectivity index (χ1) is 11.8. The van der Waals surface area contributed by atoms with Gasteiger partial charge < -0.3 is 14.9 Å². The number of phosphoric acid groups is 1. The van der Waals surface area contributed by atoms with E-state index in [-0.39, 0.29) is 0 Å². The van der Waals surface area contributed by atoms with Crippen molar-refractivity contribution in [1.29, 1.82) is 0 Å². The predicted octanol–water partition coefficient (Wildman–Crippen LogP) is 0.705. The van der Waals surface area contributed by atoms with E-state index in [2.05, 4.69) is 9.84 Å². The number of aliphatic hydroxyl groups is 1. The molecule has 1 aliphatic rings. The van der Waals surface area contributed by atoms with E-state index in [1.165, 1.54) is 0 Å². The summed E-state index contributed by atoms with van der Waals surface area (Å²) in [5, 5.41) is 13.1. The average molecular weight is 364 g/mol. The molecule has 9 heteroatoms. The van der Waals surface area contributed by atoms with Gasteiger partial charge in [0.1, 0.15) is 6.73 Å². The van der Waals surface area contributed by atoms with Crippen LogP contribution in [0, 0.1) is 0 Å². The summed E-state index contributed by atoms with van der Waals surface area (Å²) in [6.45, 7) is -0.751. The predicted molar refractivity (Wildman–Crippen MR) is 87.6 cm³/mol. The summed E-state index contributed by atoms with van der Waals surface area (Å²) in [5.74, 6) is -0.578. The van der Waals surface area contributed by atoms with Crippen LogP contribution in [0.15, 0.2) is 60.7 Å². The number of amides is 1. The minimum Gasteiger partial charge on any atom is -0.361 e. The number of carbonyl (C=O) groups excluding carboxylic acids is 1. The molecule has 4 N–H and O–H groups in total. The molecule has 1 aliphatic heterocycles. The second kappa shape index (κ2) is 6.68. The lowest BCUT2D eigenvalue weighted by atomic mass is 9.83. The number of phosphoric ester groups is 1. The first kappa shape index (κ1) is 17.8. The van der Waals surface area contributed by atoms with Gasteiger partial charge in [-0.2, -0.15) is 0 Å². The van der Waals surface area contributed by atoms with Crippen molar-refractivity contribution < 1.29 is 28.8 Å². The number of hydrogen-bond donors (Lipinski definition) is 4. The van der Waals surface area contributed by atoms with Gasteiger partial charge in [-0.1, -0.05) is 60.7 Å². The van der Waals surface area contributed by atoms with Gasteiger partial charge in [0, 0.05) is 0 Å². The maximum Gasteiger partial charge on any atom is 0.471 e. The smallest absolute Gasteiger partial charge is 0.361 e.